The second-order valence-corrected chi connectivity index (χ2v) is 6.83. The van der Waals surface area contributed by atoms with Crippen molar-refractivity contribution >= 4 is 35.2 Å². The Kier molecular flexibility index (Phi) is 8.14. The SMILES string of the molecule is NC(=[NH2+])NC(=O)CCNC(=O)Cc1c(Cl)c[nH+]c(NCC(F)(F)c2cccc[nH+]2)c1F. The van der Waals surface area contributed by atoms with Gasteiger partial charge in [0.2, 0.25) is 11.7 Å². The Balaban J connectivity index is 1.99. The summed E-state index contributed by atoms with van der Waals surface area (Å²) in [6.45, 7) is -0.967. The Morgan fingerprint density at radius 3 is 2.61 bits per heavy atom. The lowest BCUT2D eigenvalue weighted by Gasteiger charge is -2.11. The standard InChI is InChI=1S/C18H19ClF3N7O2/c19-11-8-27-16(28-9-18(21,22)12-3-1-2-5-25-12)15(20)10(11)7-14(31)26-6-4-13(30)29-17(23)24/h1-3,5,8H,4,6-7,9H2,(H,26,31)(H,27,28)(H4,23,24,29,30)/p+3. The van der Waals surface area contributed by atoms with Gasteiger partial charge in [-0.2, -0.15) is 13.2 Å². The third kappa shape index (κ3) is 7.10. The quantitative estimate of drug-likeness (QED) is 0.230. The van der Waals surface area contributed by atoms with Crippen LogP contribution in [0.3, 0.4) is 0 Å². The van der Waals surface area contributed by atoms with Crippen molar-refractivity contribution in [3.05, 3.63) is 52.7 Å². The molecule has 0 bridgehead atoms. The summed E-state index contributed by atoms with van der Waals surface area (Å²) in [5, 5.41) is 11.9. The van der Waals surface area contributed by atoms with Crippen molar-refractivity contribution in [3.8, 4) is 0 Å². The van der Waals surface area contributed by atoms with Gasteiger partial charge in [-0.15, -0.1) is 0 Å². The number of guanidine groups is 1. The van der Waals surface area contributed by atoms with Crippen LogP contribution in [0.15, 0.2) is 30.6 Å². The molecule has 0 atom stereocenters. The van der Waals surface area contributed by atoms with Crippen molar-refractivity contribution < 1.29 is 38.1 Å². The number of hydrogen-bond donors (Lipinski definition) is 5. The summed E-state index contributed by atoms with van der Waals surface area (Å²) in [6.07, 6.45) is 1.95. The molecule has 0 spiro atoms. The summed E-state index contributed by atoms with van der Waals surface area (Å²) in [5.41, 5.74) is 4.57. The van der Waals surface area contributed by atoms with Gasteiger partial charge in [-0.05, 0) is 6.07 Å². The average Bonchev–Trinajstić information content (AvgIpc) is 2.70. The van der Waals surface area contributed by atoms with Gasteiger partial charge in [0, 0.05) is 24.2 Å². The number of aromatic nitrogens is 2. The van der Waals surface area contributed by atoms with Crippen molar-refractivity contribution in [3.63, 3.8) is 0 Å². The molecule has 0 radical (unpaired) electrons. The maximum atomic E-state index is 14.8. The van der Waals surface area contributed by atoms with Crippen LogP contribution in [-0.2, 0) is 21.9 Å². The van der Waals surface area contributed by atoms with Gasteiger partial charge in [-0.25, -0.2) is 15.3 Å². The monoisotopic (exact) mass is 460 g/mol. The third-order valence-electron chi connectivity index (χ3n) is 4.00. The van der Waals surface area contributed by atoms with Gasteiger partial charge in [0.15, 0.2) is 12.7 Å². The highest BCUT2D eigenvalue weighted by Crippen LogP contribution is 2.26. The van der Waals surface area contributed by atoms with E-state index in [1.54, 1.807) is 6.07 Å². The van der Waals surface area contributed by atoms with Crippen LogP contribution in [0.5, 0.6) is 0 Å². The summed E-state index contributed by atoms with van der Waals surface area (Å²) < 4.78 is 43.3. The topological polar surface area (TPSA) is 150 Å². The molecule has 0 saturated carbocycles. The molecule has 2 heterocycles. The number of amides is 2. The molecule has 9 nitrogen and oxygen atoms in total. The normalized spacial score (nSPS) is 11.0. The van der Waals surface area contributed by atoms with Gasteiger partial charge >= 0.3 is 17.7 Å². The van der Waals surface area contributed by atoms with E-state index in [1.165, 1.54) is 24.5 Å². The fourth-order valence-corrected chi connectivity index (χ4v) is 2.71. The average molecular weight is 461 g/mol. The summed E-state index contributed by atoms with van der Waals surface area (Å²) in [5.74, 6) is -6.05. The van der Waals surface area contributed by atoms with Gasteiger partial charge in [0.25, 0.3) is 11.6 Å². The summed E-state index contributed by atoms with van der Waals surface area (Å²) in [4.78, 5) is 28.3. The van der Waals surface area contributed by atoms with Gasteiger partial charge < -0.3 is 5.32 Å². The molecule has 0 aromatic carbocycles. The number of carbonyl (C=O) groups is 2. The van der Waals surface area contributed by atoms with Crippen LogP contribution in [-0.4, -0.2) is 30.9 Å². The largest absolute Gasteiger partial charge is 0.365 e. The lowest BCUT2D eigenvalue weighted by atomic mass is 10.1. The van der Waals surface area contributed by atoms with Gasteiger partial charge in [0.1, 0.15) is 6.20 Å². The van der Waals surface area contributed by atoms with Crippen LogP contribution in [0.2, 0.25) is 5.02 Å². The fraction of sp³-hybridized carbons (Fsp3) is 0.278. The lowest BCUT2D eigenvalue weighted by Crippen LogP contribution is -2.56. The van der Waals surface area contributed by atoms with E-state index in [2.05, 4.69) is 25.9 Å². The van der Waals surface area contributed by atoms with Crippen molar-refractivity contribution in [2.75, 3.05) is 18.4 Å². The van der Waals surface area contributed by atoms with E-state index in [-0.39, 0.29) is 41.0 Å². The van der Waals surface area contributed by atoms with E-state index in [1.807, 2.05) is 0 Å². The number of H-pyrrole nitrogens is 2. The van der Waals surface area contributed by atoms with E-state index in [0.717, 1.165) is 0 Å². The van der Waals surface area contributed by atoms with Crippen LogP contribution in [0, 0.1) is 5.82 Å². The molecule has 2 aromatic heterocycles. The zero-order valence-corrected chi connectivity index (χ0v) is 17.0. The van der Waals surface area contributed by atoms with E-state index >= 15 is 0 Å². The number of pyridine rings is 2. The second kappa shape index (κ2) is 10.6. The first-order chi connectivity index (χ1) is 14.6. The molecule has 0 aliphatic rings. The number of halogens is 4. The van der Waals surface area contributed by atoms with E-state index in [9.17, 15) is 22.8 Å². The number of nitrogens with two attached hydrogens (primary N) is 2. The molecule has 9 N–H and O–H groups in total. The lowest BCUT2D eigenvalue weighted by molar-refractivity contribution is -0.412. The van der Waals surface area contributed by atoms with E-state index in [0.29, 0.717) is 0 Å². The van der Waals surface area contributed by atoms with E-state index < -0.39 is 36.5 Å². The van der Waals surface area contributed by atoms with E-state index in [4.69, 9.17) is 22.7 Å². The number of nitrogens with one attached hydrogen (secondary N) is 5. The Bertz CT molecular complexity index is 961. The molecule has 166 valence electrons. The van der Waals surface area contributed by atoms with Gasteiger partial charge in [-0.3, -0.25) is 26.0 Å². The van der Waals surface area contributed by atoms with Crippen molar-refractivity contribution in [1.29, 1.82) is 0 Å². The second-order valence-electron chi connectivity index (χ2n) is 6.42. The molecule has 0 saturated heterocycles. The Morgan fingerprint density at radius 1 is 1.23 bits per heavy atom. The smallest absolute Gasteiger partial charge is 0.355 e. The maximum Gasteiger partial charge on any atom is 0.365 e. The third-order valence-corrected chi connectivity index (χ3v) is 4.34. The highest BCUT2D eigenvalue weighted by atomic mass is 35.5. The first-order valence-electron chi connectivity index (χ1n) is 9.02. The number of carbonyl (C=O) groups excluding carboxylic acids is 2. The summed E-state index contributed by atoms with van der Waals surface area (Å²) >= 11 is 5.95. The zero-order chi connectivity index (χ0) is 23.0. The van der Waals surface area contributed by atoms with Crippen LogP contribution >= 0.6 is 11.6 Å². The number of alkyl halides is 2. The highest BCUT2D eigenvalue weighted by molar-refractivity contribution is 6.31. The van der Waals surface area contributed by atoms with Crippen LogP contribution in [0.25, 0.3) is 0 Å². The molecule has 2 rings (SSSR count). The fourth-order valence-electron chi connectivity index (χ4n) is 2.51. The van der Waals surface area contributed by atoms with Crippen molar-refractivity contribution in [1.82, 2.24) is 10.6 Å². The van der Waals surface area contributed by atoms with Crippen LogP contribution in [0.4, 0.5) is 19.0 Å². The molecule has 0 fully saturated rings. The molecule has 0 aliphatic heterocycles. The molecule has 2 amide bonds. The Hall–Kier alpha value is -3.41. The number of aromatic amines is 2. The molecule has 13 heteroatoms. The van der Waals surface area contributed by atoms with Crippen molar-refractivity contribution in [2.24, 2.45) is 5.73 Å². The zero-order valence-electron chi connectivity index (χ0n) is 16.2. The molecular weight excluding hydrogens is 439 g/mol. The predicted octanol–water partition coefficient (Wildman–Crippen LogP) is -1.45. The number of rotatable bonds is 9. The number of anilines is 1. The summed E-state index contributed by atoms with van der Waals surface area (Å²) in [7, 11) is 0. The molecule has 0 unspecified atom stereocenters. The minimum absolute atomic E-state index is 0.0545. The van der Waals surface area contributed by atoms with Gasteiger partial charge in [-0.1, -0.05) is 11.6 Å². The highest BCUT2D eigenvalue weighted by Gasteiger charge is 2.40. The Morgan fingerprint density at radius 2 is 1.97 bits per heavy atom. The maximum absolute atomic E-state index is 14.8. The first-order valence-corrected chi connectivity index (χ1v) is 9.40. The first kappa shape index (κ1) is 23.9. The minimum atomic E-state index is -3.32. The molecular formula is C18H22ClF3N7O2+3. The van der Waals surface area contributed by atoms with Crippen LogP contribution in [0.1, 0.15) is 17.7 Å². The Labute approximate surface area is 180 Å². The number of hydrogen-bond acceptors (Lipinski definition) is 3. The predicted molar refractivity (Wildman–Crippen MR) is 104 cm³/mol. The van der Waals surface area contributed by atoms with Gasteiger partial charge in [0.05, 0.1) is 17.9 Å². The molecule has 0 aliphatic carbocycles. The van der Waals surface area contributed by atoms with Crippen LogP contribution < -0.4 is 37.1 Å². The summed E-state index contributed by atoms with van der Waals surface area (Å²) in [6, 6.07) is 4.20. The molecule has 2 aromatic rings. The minimum Gasteiger partial charge on any atom is -0.355 e. The van der Waals surface area contributed by atoms with Crippen molar-refractivity contribution in [2.45, 2.75) is 18.8 Å². The molecule has 31 heavy (non-hydrogen) atoms.